The van der Waals surface area contributed by atoms with Crippen LogP contribution in [0.5, 0.6) is 5.75 Å². The molecular weight excluding hydrogens is 242 g/mol. The van der Waals surface area contributed by atoms with Crippen LogP contribution in [0.3, 0.4) is 0 Å². The maximum absolute atomic E-state index is 12.2. The van der Waals surface area contributed by atoms with Gasteiger partial charge in [-0.2, -0.15) is 5.26 Å². The van der Waals surface area contributed by atoms with Crippen LogP contribution >= 0.6 is 0 Å². The lowest BCUT2D eigenvalue weighted by molar-refractivity contribution is -0.120. The summed E-state index contributed by atoms with van der Waals surface area (Å²) in [7, 11) is 1.52. The third-order valence-corrected chi connectivity index (χ3v) is 3.47. The van der Waals surface area contributed by atoms with Crippen LogP contribution in [0.25, 0.3) is 0 Å². The van der Waals surface area contributed by atoms with Crippen LogP contribution in [-0.4, -0.2) is 26.1 Å². The van der Waals surface area contributed by atoms with Crippen LogP contribution in [0.15, 0.2) is 18.2 Å². The normalized spacial score (nSPS) is 21.7. The van der Waals surface area contributed by atoms with Crippen molar-refractivity contribution in [1.29, 1.82) is 5.26 Å². The summed E-state index contributed by atoms with van der Waals surface area (Å²) < 4.78 is 5.20. The molecule has 0 aromatic heterocycles. The molecular formula is C14H17N3O2. The quantitative estimate of drug-likeness (QED) is 0.859. The van der Waals surface area contributed by atoms with E-state index in [1.807, 2.05) is 6.92 Å². The van der Waals surface area contributed by atoms with Crippen molar-refractivity contribution in [3.8, 4) is 11.8 Å². The molecule has 0 bridgehead atoms. The first-order valence-corrected chi connectivity index (χ1v) is 6.26. The standard InChI is InChI=1S/C14H17N3O2/c1-9-7-16-8-11(9)14(18)17-13-10(6-15)4-3-5-12(13)19-2/h3-5,9,11,16H,7-8H2,1-2H3,(H,17,18). The van der Waals surface area contributed by atoms with Crippen LogP contribution in [0.1, 0.15) is 12.5 Å². The topological polar surface area (TPSA) is 74.1 Å². The number of carbonyl (C=O) groups excluding carboxylic acids is 1. The summed E-state index contributed by atoms with van der Waals surface area (Å²) >= 11 is 0. The van der Waals surface area contributed by atoms with Crippen molar-refractivity contribution in [2.75, 3.05) is 25.5 Å². The molecule has 1 aromatic rings. The fraction of sp³-hybridized carbons (Fsp3) is 0.429. The van der Waals surface area contributed by atoms with Gasteiger partial charge < -0.3 is 15.4 Å². The second-order valence-electron chi connectivity index (χ2n) is 4.73. The summed E-state index contributed by atoms with van der Waals surface area (Å²) in [5, 5.41) is 15.1. The molecule has 2 unspecified atom stereocenters. The lowest BCUT2D eigenvalue weighted by Crippen LogP contribution is -2.28. The van der Waals surface area contributed by atoms with Gasteiger partial charge in [-0.1, -0.05) is 13.0 Å². The summed E-state index contributed by atoms with van der Waals surface area (Å²) in [6.45, 7) is 3.55. The summed E-state index contributed by atoms with van der Waals surface area (Å²) in [6, 6.07) is 7.19. The molecule has 2 atom stereocenters. The highest BCUT2D eigenvalue weighted by Crippen LogP contribution is 2.29. The molecule has 0 aliphatic carbocycles. The molecule has 5 heteroatoms. The van der Waals surface area contributed by atoms with Crippen molar-refractivity contribution in [2.24, 2.45) is 11.8 Å². The number of nitriles is 1. The van der Waals surface area contributed by atoms with Gasteiger partial charge in [-0.3, -0.25) is 4.79 Å². The van der Waals surface area contributed by atoms with Gasteiger partial charge in [0.1, 0.15) is 17.5 Å². The number of ether oxygens (including phenoxy) is 1. The number of methoxy groups -OCH3 is 1. The molecule has 1 saturated heterocycles. The van der Waals surface area contributed by atoms with E-state index in [2.05, 4.69) is 16.7 Å². The zero-order valence-corrected chi connectivity index (χ0v) is 11.1. The Balaban J connectivity index is 2.23. The number of para-hydroxylation sites is 1. The van der Waals surface area contributed by atoms with E-state index in [9.17, 15) is 4.79 Å². The van der Waals surface area contributed by atoms with Crippen molar-refractivity contribution in [3.05, 3.63) is 23.8 Å². The maximum Gasteiger partial charge on any atom is 0.229 e. The van der Waals surface area contributed by atoms with Crippen LogP contribution < -0.4 is 15.4 Å². The molecule has 1 aromatic carbocycles. The minimum Gasteiger partial charge on any atom is -0.495 e. The lowest BCUT2D eigenvalue weighted by atomic mass is 9.97. The number of benzene rings is 1. The average Bonchev–Trinajstić information content (AvgIpc) is 2.85. The third-order valence-electron chi connectivity index (χ3n) is 3.47. The van der Waals surface area contributed by atoms with Crippen LogP contribution in [0, 0.1) is 23.2 Å². The summed E-state index contributed by atoms with van der Waals surface area (Å²) in [5.74, 6) is 0.654. The van der Waals surface area contributed by atoms with Gasteiger partial charge in [0.15, 0.2) is 0 Å². The second kappa shape index (κ2) is 5.72. The maximum atomic E-state index is 12.2. The van der Waals surface area contributed by atoms with Gasteiger partial charge in [0.05, 0.1) is 18.6 Å². The average molecular weight is 259 g/mol. The van der Waals surface area contributed by atoms with E-state index in [4.69, 9.17) is 10.00 Å². The van der Waals surface area contributed by atoms with E-state index in [0.29, 0.717) is 29.5 Å². The molecule has 5 nitrogen and oxygen atoms in total. The van der Waals surface area contributed by atoms with Crippen molar-refractivity contribution >= 4 is 11.6 Å². The molecule has 2 N–H and O–H groups in total. The number of carbonyl (C=O) groups is 1. The molecule has 19 heavy (non-hydrogen) atoms. The number of rotatable bonds is 3. The first-order chi connectivity index (χ1) is 9.17. The monoisotopic (exact) mass is 259 g/mol. The summed E-state index contributed by atoms with van der Waals surface area (Å²) in [4.78, 5) is 12.2. The molecule has 1 aliphatic rings. The molecule has 0 radical (unpaired) electrons. The fourth-order valence-corrected chi connectivity index (χ4v) is 2.30. The van der Waals surface area contributed by atoms with E-state index >= 15 is 0 Å². The van der Waals surface area contributed by atoms with Crippen molar-refractivity contribution < 1.29 is 9.53 Å². The Morgan fingerprint density at radius 2 is 2.32 bits per heavy atom. The molecule has 1 amide bonds. The van der Waals surface area contributed by atoms with Gasteiger partial charge >= 0.3 is 0 Å². The molecule has 100 valence electrons. The Labute approximate surface area is 112 Å². The number of hydrogen-bond acceptors (Lipinski definition) is 4. The first-order valence-electron chi connectivity index (χ1n) is 6.26. The Morgan fingerprint density at radius 3 is 2.89 bits per heavy atom. The Morgan fingerprint density at radius 1 is 1.53 bits per heavy atom. The predicted octanol–water partition coefficient (Wildman–Crippen LogP) is 1.36. The molecule has 1 aliphatic heterocycles. The predicted molar refractivity (Wildman–Crippen MR) is 71.9 cm³/mol. The number of anilines is 1. The van der Waals surface area contributed by atoms with E-state index in [1.165, 1.54) is 7.11 Å². The van der Waals surface area contributed by atoms with E-state index < -0.39 is 0 Å². The molecule has 1 heterocycles. The van der Waals surface area contributed by atoms with Gasteiger partial charge in [-0.25, -0.2) is 0 Å². The van der Waals surface area contributed by atoms with Gasteiger partial charge in [-0.15, -0.1) is 0 Å². The van der Waals surface area contributed by atoms with E-state index in [1.54, 1.807) is 18.2 Å². The SMILES string of the molecule is COc1cccc(C#N)c1NC(=O)C1CNCC1C. The fourth-order valence-electron chi connectivity index (χ4n) is 2.30. The minimum atomic E-state index is -0.0727. The highest BCUT2D eigenvalue weighted by Gasteiger charge is 2.30. The van der Waals surface area contributed by atoms with Gasteiger partial charge in [-0.05, 0) is 24.6 Å². The molecule has 1 fully saturated rings. The zero-order valence-electron chi connectivity index (χ0n) is 11.1. The third kappa shape index (κ3) is 2.69. The highest BCUT2D eigenvalue weighted by molar-refractivity contribution is 5.96. The Bertz CT molecular complexity index is 522. The molecule has 0 saturated carbocycles. The van der Waals surface area contributed by atoms with Crippen molar-refractivity contribution in [2.45, 2.75) is 6.92 Å². The largest absolute Gasteiger partial charge is 0.495 e. The molecule has 0 spiro atoms. The van der Waals surface area contributed by atoms with Gasteiger partial charge in [0.2, 0.25) is 5.91 Å². The number of nitrogens with zero attached hydrogens (tertiary/aromatic N) is 1. The smallest absolute Gasteiger partial charge is 0.229 e. The summed E-state index contributed by atoms with van der Waals surface area (Å²) in [6.07, 6.45) is 0. The number of amides is 1. The van der Waals surface area contributed by atoms with Crippen LogP contribution in [-0.2, 0) is 4.79 Å². The number of nitrogens with one attached hydrogen (secondary N) is 2. The van der Waals surface area contributed by atoms with Crippen LogP contribution in [0.4, 0.5) is 5.69 Å². The first kappa shape index (κ1) is 13.4. The molecule has 2 rings (SSSR count). The zero-order chi connectivity index (χ0) is 13.8. The second-order valence-corrected chi connectivity index (χ2v) is 4.73. The summed E-state index contributed by atoms with van der Waals surface area (Å²) in [5.41, 5.74) is 0.864. The van der Waals surface area contributed by atoms with Crippen LogP contribution in [0.2, 0.25) is 0 Å². The van der Waals surface area contributed by atoms with Crippen molar-refractivity contribution in [3.63, 3.8) is 0 Å². The van der Waals surface area contributed by atoms with Crippen molar-refractivity contribution in [1.82, 2.24) is 5.32 Å². The number of hydrogen-bond donors (Lipinski definition) is 2. The van der Waals surface area contributed by atoms with Gasteiger partial charge in [0.25, 0.3) is 0 Å². The van der Waals surface area contributed by atoms with E-state index in [0.717, 1.165) is 6.54 Å². The Kier molecular flexibility index (Phi) is 4.03. The van der Waals surface area contributed by atoms with E-state index in [-0.39, 0.29) is 11.8 Å². The Hall–Kier alpha value is -2.06. The lowest BCUT2D eigenvalue weighted by Gasteiger charge is -2.16. The minimum absolute atomic E-state index is 0.0708. The van der Waals surface area contributed by atoms with Gasteiger partial charge in [0, 0.05) is 6.54 Å². The highest BCUT2D eigenvalue weighted by atomic mass is 16.5.